The van der Waals surface area contributed by atoms with Crippen molar-refractivity contribution in [2.45, 2.75) is 6.54 Å². The Kier molecular flexibility index (Phi) is 5.42. The van der Waals surface area contributed by atoms with E-state index >= 15 is 0 Å². The molecule has 7 heteroatoms. The lowest BCUT2D eigenvalue weighted by molar-refractivity contribution is 0.0953. The second-order valence-electron chi connectivity index (χ2n) is 5.10. The van der Waals surface area contributed by atoms with Crippen LogP contribution in [0.3, 0.4) is 0 Å². The molecule has 0 saturated carbocycles. The van der Waals surface area contributed by atoms with Crippen LogP contribution < -0.4 is 10.2 Å². The number of thiazole rings is 1. The molecule has 1 N–H and O–H groups in total. The summed E-state index contributed by atoms with van der Waals surface area (Å²) in [6.45, 7) is 4.37. The zero-order chi connectivity index (χ0) is 17.6. The number of amides is 1. The Morgan fingerprint density at radius 3 is 2.68 bits per heavy atom. The van der Waals surface area contributed by atoms with Crippen molar-refractivity contribution >= 4 is 28.8 Å². The molecule has 0 saturated heterocycles. The average molecular weight is 371 g/mol. The van der Waals surface area contributed by atoms with Crippen LogP contribution in [0.1, 0.15) is 10.4 Å². The largest absolute Gasteiger partial charge is 0.311 e. The average Bonchev–Trinajstić information content (AvgIpc) is 3.04. The number of halogens is 1. The van der Waals surface area contributed by atoms with Gasteiger partial charge in [-0.25, -0.2) is 5.43 Å². The van der Waals surface area contributed by atoms with Gasteiger partial charge in [0.25, 0.3) is 5.91 Å². The predicted molar refractivity (Wildman–Crippen MR) is 100 cm³/mol. The maximum absolute atomic E-state index is 12.1. The van der Waals surface area contributed by atoms with Gasteiger partial charge in [0.05, 0.1) is 5.69 Å². The fourth-order valence-corrected chi connectivity index (χ4v) is 3.25. The third-order valence-corrected chi connectivity index (χ3v) is 4.56. The summed E-state index contributed by atoms with van der Waals surface area (Å²) in [5, 5.41) is 6.93. The third-order valence-electron chi connectivity index (χ3n) is 3.44. The summed E-state index contributed by atoms with van der Waals surface area (Å²) in [5.41, 5.74) is 5.09. The first-order valence-corrected chi connectivity index (χ1v) is 8.74. The Labute approximate surface area is 153 Å². The standard InChI is InChI=1S/C18H15ClN4OS/c1-2-11-23-16(13-3-5-15(19)6-4-13)12-25-18(23)22-21-17(24)14-7-9-20-10-8-14/h2-10,12H,1,11H2,(H,21,24). The molecule has 0 bridgehead atoms. The Morgan fingerprint density at radius 1 is 1.28 bits per heavy atom. The number of rotatable bonds is 5. The number of hydrogen-bond acceptors (Lipinski definition) is 4. The quantitative estimate of drug-likeness (QED) is 0.550. The van der Waals surface area contributed by atoms with Crippen LogP contribution in [0.5, 0.6) is 0 Å². The number of carbonyl (C=O) groups is 1. The lowest BCUT2D eigenvalue weighted by Crippen LogP contribution is -2.24. The maximum Gasteiger partial charge on any atom is 0.271 e. The van der Waals surface area contributed by atoms with Gasteiger partial charge in [-0.3, -0.25) is 9.78 Å². The fraction of sp³-hybridized carbons (Fsp3) is 0.0556. The highest BCUT2D eigenvalue weighted by Gasteiger charge is 2.08. The van der Waals surface area contributed by atoms with Crippen molar-refractivity contribution in [3.05, 3.63) is 82.2 Å². The lowest BCUT2D eigenvalue weighted by Gasteiger charge is -2.06. The molecule has 0 atom stereocenters. The summed E-state index contributed by atoms with van der Waals surface area (Å²) in [6, 6.07) is 10.8. The number of nitrogens with zero attached hydrogens (tertiary/aromatic N) is 3. The number of pyridine rings is 1. The van der Waals surface area contributed by atoms with E-state index in [0.717, 1.165) is 11.3 Å². The number of nitrogens with one attached hydrogen (secondary N) is 1. The van der Waals surface area contributed by atoms with Crippen molar-refractivity contribution < 1.29 is 4.79 Å². The molecular formula is C18H15ClN4OS. The molecule has 1 aromatic carbocycles. The first-order valence-electron chi connectivity index (χ1n) is 7.48. The van der Waals surface area contributed by atoms with Crippen LogP contribution >= 0.6 is 22.9 Å². The van der Waals surface area contributed by atoms with Crippen molar-refractivity contribution in [2.75, 3.05) is 0 Å². The van der Waals surface area contributed by atoms with E-state index in [1.165, 1.54) is 11.3 Å². The SMILES string of the molecule is C=CCn1c(-c2ccc(Cl)cc2)csc1=NNC(=O)c1ccncc1. The van der Waals surface area contributed by atoms with E-state index in [1.54, 1.807) is 30.6 Å². The van der Waals surface area contributed by atoms with Gasteiger partial charge in [0.1, 0.15) is 0 Å². The normalized spacial score (nSPS) is 11.3. The Bertz CT molecular complexity index is 945. The van der Waals surface area contributed by atoms with E-state index < -0.39 is 0 Å². The lowest BCUT2D eigenvalue weighted by atomic mass is 10.2. The predicted octanol–water partition coefficient (Wildman–Crippen LogP) is 3.70. The van der Waals surface area contributed by atoms with E-state index in [4.69, 9.17) is 11.6 Å². The van der Waals surface area contributed by atoms with Crippen LogP contribution in [-0.2, 0) is 6.54 Å². The first-order chi connectivity index (χ1) is 12.2. The molecule has 0 spiro atoms. The topological polar surface area (TPSA) is 59.3 Å². The number of hydrogen-bond donors (Lipinski definition) is 1. The highest BCUT2D eigenvalue weighted by molar-refractivity contribution is 7.07. The van der Waals surface area contributed by atoms with E-state index in [-0.39, 0.29) is 5.91 Å². The van der Waals surface area contributed by atoms with E-state index in [1.807, 2.05) is 34.2 Å². The van der Waals surface area contributed by atoms with Crippen LogP contribution in [0, 0.1) is 0 Å². The minimum Gasteiger partial charge on any atom is -0.311 e. The fourth-order valence-electron chi connectivity index (χ4n) is 2.24. The van der Waals surface area contributed by atoms with Crippen LogP contribution in [0.2, 0.25) is 5.02 Å². The Hall–Kier alpha value is -2.70. The zero-order valence-electron chi connectivity index (χ0n) is 13.2. The van der Waals surface area contributed by atoms with Crippen molar-refractivity contribution in [3.8, 4) is 11.3 Å². The Balaban J connectivity index is 1.92. The molecule has 0 aliphatic rings. The number of aromatic nitrogens is 2. The smallest absolute Gasteiger partial charge is 0.271 e. The molecule has 5 nitrogen and oxygen atoms in total. The number of benzene rings is 1. The van der Waals surface area contributed by atoms with Crippen LogP contribution in [0.4, 0.5) is 0 Å². The number of allylic oxidation sites excluding steroid dienone is 1. The monoisotopic (exact) mass is 370 g/mol. The van der Waals surface area contributed by atoms with Crippen molar-refractivity contribution in [1.29, 1.82) is 0 Å². The third kappa shape index (κ3) is 4.04. The Morgan fingerprint density at radius 2 is 2.00 bits per heavy atom. The maximum atomic E-state index is 12.1. The van der Waals surface area contributed by atoms with Gasteiger partial charge >= 0.3 is 0 Å². The number of carbonyl (C=O) groups excluding carboxylic acids is 1. The second kappa shape index (κ2) is 7.92. The van der Waals surface area contributed by atoms with E-state index in [9.17, 15) is 4.79 Å². The second-order valence-corrected chi connectivity index (χ2v) is 6.37. The van der Waals surface area contributed by atoms with Crippen molar-refractivity contribution in [2.24, 2.45) is 5.10 Å². The van der Waals surface area contributed by atoms with E-state index in [2.05, 4.69) is 22.1 Å². The molecule has 0 aliphatic heterocycles. The molecule has 3 aromatic rings. The molecule has 3 rings (SSSR count). The van der Waals surface area contributed by atoms with Gasteiger partial charge in [-0.1, -0.05) is 29.8 Å². The van der Waals surface area contributed by atoms with Gasteiger partial charge in [0.2, 0.25) is 4.80 Å². The molecule has 0 unspecified atom stereocenters. The van der Waals surface area contributed by atoms with Gasteiger partial charge in [-0.15, -0.1) is 23.0 Å². The summed E-state index contributed by atoms with van der Waals surface area (Å²) in [7, 11) is 0. The van der Waals surface area contributed by atoms with Gasteiger partial charge in [-0.2, -0.15) is 0 Å². The molecular weight excluding hydrogens is 356 g/mol. The van der Waals surface area contributed by atoms with Crippen molar-refractivity contribution in [1.82, 2.24) is 15.0 Å². The molecule has 1 amide bonds. The van der Waals surface area contributed by atoms with Crippen LogP contribution in [0.15, 0.2) is 71.9 Å². The molecule has 2 aromatic heterocycles. The van der Waals surface area contributed by atoms with Gasteiger partial charge in [-0.05, 0) is 29.8 Å². The summed E-state index contributed by atoms with van der Waals surface area (Å²) in [6.07, 6.45) is 4.92. The summed E-state index contributed by atoms with van der Waals surface area (Å²) in [4.78, 5) is 16.7. The van der Waals surface area contributed by atoms with Crippen molar-refractivity contribution in [3.63, 3.8) is 0 Å². The summed E-state index contributed by atoms with van der Waals surface area (Å²) < 4.78 is 1.98. The van der Waals surface area contributed by atoms with Gasteiger partial charge < -0.3 is 4.57 Å². The summed E-state index contributed by atoms with van der Waals surface area (Å²) >= 11 is 7.40. The highest BCUT2D eigenvalue weighted by Crippen LogP contribution is 2.22. The van der Waals surface area contributed by atoms with E-state index in [0.29, 0.717) is 21.9 Å². The first kappa shape index (κ1) is 17.1. The molecule has 0 aliphatic carbocycles. The molecule has 25 heavy (non-hydrogen) atoms. The van der Waals surface area contributed by atoms with Crippen LogP contribution in [-0.4, -0.2) is 15.5 Å². The zero-order valence-corrected chi connectivity index (χ0v) is 14.8. The molecule has 0 fully saturated rings. The molecule has 2 heterocycles. The van der Waals surface area contributed by atoms with Crippen LogP contribution in [0.25, 0.3) is 11.3 Å². The molecule has 0 radical (unpaired) electrons. The molecule has 126 valence electrons. The summed E-state index contributed by atoms with van der Waals surface area (Å²) in [5.74, 6) is -0.283. The van der Waals surface area contributed by atoms with Gasteiger partial charge in [0.15, 0.2) is 0 Å². The minimum atomic E-state index is -0.283. The highest BCUT2D eigenvalue weighted by atomic mass is 35.5. The minimum absolute atomic E-state index is 0.283. The van der Waals surface area contributed by atoms with Gasteiger partial charge in [0, 0.05) is 34.9 Å².